The molecule has 0 aromatic heterocycles. The molecule has 9 nitrogen and oxygen atoms in total. The van der Waals surface area contributed by atoms with Crippen LogP contribution in [-0.4, -0.2) is 51.9 Å². The second kappa shape index (κ2) is 10.0. The lowest BCUT2D eigenvalue weighted by Gasteiger charge is -2.41. The summed E-state index contributed by atoms with van der Waals surface area (Å²) in [4.78, 5) is 13.0. The van der Waals surface area contributed by atoms with Gasteiger partial charge in [0, 0.05) is 22.3 Å². The number of ether oxygens (including phenoxy) is 7. The molecule has 0 radical (unpaired) electrons. The molecule has 0 amide bonds. The Hall–Kier alpha value is -3.59. The molecule has 4 rings (SSSR count). The van der Waals surface area contributed by atoms with E-state index in [9.17, 15) is 9.90 Å². The van der Waals surface area contributed by atoms with E-state index >= 15 is 0 Å². The maximum atomic E-state index is 13.0. The van der Waals surface area contributed by atoms with E-state index in [0.717, 1.165) is 5.56 Å². The summed E-state index contributed by atoms with van der Waals surface area (Å²) >= 11 is 0. The SMILES string of the molecule is C/C=C(/C)C(=O)O[C@@H]1c2cc(OC)c(OC)c(OC)c2-c2c(cc3c(c2OC)OCO3)C[C@@H](C)[C@@]1(C)O. The Balaban J connectivity index is 2.17. The van der Waals surface area contributed by atoms with Crippen molar-refractivity contribution in [2.75, 3.05) is 35.2 Å². The zero-order valence-electron chi connectivity index (χ0n) is 22.5. The van der Waals surface area contributed by atoms with Gasteiger partial charge in [-0.1, -0.05) is 13.0 Å². The van der Waals surface area contributed by atoms with Crippen molar-refractivity contribution in [3.63, 3.8) is 0 Å². The Morgan fingerprint density at radius 3 is 2.30 bits per heavy atom. The number of allylic oxidation sites excluding steroid dienone is 1. The lowest BCUT2D eigenvalue weighted by molar-refractivity contribution is -0.166. The van der Waals surface area contributed by atoms with Gasteiger partial charge in [0.1, 0.15) is 5.60 Å². The number of hydrogen-bond donors (Lipinski definition) is 1. The smallest absolute Gasteiger partial charge is 0.334 e. The van der Waals surface area contributed by atoms with Crippen LogP contribution in [0, 0.1) is 5.92 Å². The number of hydrogen-bond acceptors (Lipinski definition) is 9. The fourth-order valence-electron chi connectivity index (χ4n) is 4.94. The molecule has 0 spiro atoms. The lowest BCUT2D eigenvalue weighted by Crippen LogP contribution is -2.44. The third kappa shape index (κ3) is 4.21. The summed E-state index contributed by atoms with van der Waals surface area (Å²) in [5.41, 5.74) is 1.46. The molecule has 0 bridgehead atoms. The van der Waals surface area contributed by atoms with E-state index in [0.29, 0.717) is 63.2 Å². The van der Waals surface area contributed by atoms with Crippen LogP contribution in [0.1, 0.15) is 44.9 Å². The Kier molecular flexibility index (Phi) is 7.19. The molecule has 1 aliphatic carbocycles. The maximum Gasteiger partial charge on any atom is 0.334 e. The zero-order valence-corrected chi connectivity index (χ0v) is 22.5. The standard InChI is InChI=1S/C28H34O9/c1-9-14(2)27(29)37-26-17-12-18(31-5)22(32-6)25(34-8)21(17)20-16(10-15(3)28(26,4)30)11-19-23(24(20)33-7)36-13-35-19/h9,11-12,15,26,30H,10,13H2,1-8H3/b14-9-/t15-,26-,28-/m1/s1. The second-order valence-electron chi connectivity index (χ2n) is 9.38. The van der Waals surface area contributed by atoms with Crippen molar-refractivity contribution < 1.29 is 43.1 Å². The van der Waals surface area contributed by atoms with Gasteiger partial charge in [0.05, 0.1) is 28.4 Å². The largest absolute Gasteiger partial charge is 0.493 e. The third-order valence-corrected chi connectivity index (χ3v) is 7.33. The van der Waals surface area contributed by atoms with Crippen molar-refractivity contribution in [2.24, 2.45) is 5.92 Å². The fraction of sp³-hybridized carbons (Fsp3) is 0.464. The predicted molar refractivity (Wildman–Crippen MR) is 136 cm³/mol. The second-order valence-corrected chi connectivity index (χ2v) is 9.38. The fourth-order valence-corrected chi connectivity index (χ4v) is 4.94. The Morgan fingerprint density at radius 1 is 1.03 bits per heavy atom. The summed E-state index contributed by atoms with van der Waals surface area (Å²) in [6, 6.07) is 3.60. The van der Waals surface area contributed by atoms with Crippen LogP contribution in [0.4, 0.5) is 0 Å². The van der Waals surface area contributed by atoms with Gasteiger partial charge in [-0.2, -0.15) is 0 Å². The lowest BCUT2D eigenvalue weighted by atomic mass is 9.73. The molecule has 0 saturated heterocycles. The molecule has 1 N–H and O–H groups in total. The average molecular weight is 515 g/mol. The molecule has 2 aliphatic rings. The first-order valence-corrected chi connectivity index (χ1v) is 12.0. The molecule has 200 valence electrons. The van der Waals surface area contributed by atoms with Gasteiger partial charge in [-0.25, -0.2) is 4.79 Å². The molecule has 2 aromatic carbocycles. The van der Waals surface area contributed by atoms with Gasteiger partial charge >= 0.3 is 5.97 Å². The molecular formula is C28H34O9. The molecule has 9 heteroatoms. The third-order valence-electron chi connectivity index (χ3n) is 7.33. The Labute approximate surface area is 216 Å². The first-order valence-electron chi connectivity index (χ1n) is 12.0. The molecule has 0 fully saturated rings. The maximum absolute atomic E-state index is 13.0. The molecule has 3 atom stereocenters. The highest BCUT2D eigenvalue weighted by Gasteiger charge is 2.47. The molecule has 37 heavy (non-hydrogen) atoms. The van der Waals surface area contributed by atoms with Crippen LogP contribution >= 0.6 is 0 Å². The van der Waals surface area contributed by atoms with Crippen molar-refractivity contribution in [2.45, 2.75) is 45.8 Å². The summed E-state index contributed by atoms with van der Waals surface area (Å²) in [5.74, 6) is 1.60. The van der Waals surface area contributed by atoms with E-state index < -0.39 is 17.7 Å². The number of carbonyl (C=O) groups is 1. The highest BCUT2D eigenvalue weighted by atomic mass is 16.7. The molecular weight excluding hydrogens is 480 g/mol. The van der Waals surface area contributed by atoms with Crippen LogP contribution in [0.25, 0.3) is 11.1 Å². The summed E-state index contributed by atoms with van der Waals surface area (Å²) in [5, 5.41) is 12.0. The topological polar surface area (TPSA) is 102 Å². The number of methoxy groups -OCH3 is 4. The van der Waals surface area contributed by atoms with Crippen LogP contribution in [-0.2, 0) is 16.0 Å². The van der Waals surface area contributed by atoms with Gasteiger partial charge in [-0.05, 0) is 50.8 Å². The number of esters is 1. The van der Waals surface area contributed by atoms with E-state index in [1.807, 2.05) is 13.0 Å². The van der Waals surface area contributed by atoms with E-state index in [1.54, 1.807) is 40.0 Å². The van der Waals surface area contributed by atoms with Gasteiger partial charge in [0.2, 0.25) is 18.3 Å². The van der Waals surface area contributed by atoms with Crippen molar-refractivity contribution in [1.29, 1.82) is 0 Å². The van der Waals surface area contributed by atoms with Gasteiger partial charge < -0.3 is 38.3 Å². The summed E-state index contributed by atoms with van der Waals surface area (Å²) in [7, 11) is 6.08. The minimum Gasteiger partial charge on any atom is -0.493 e. The minimum absolute atomic E-state index is 0.0562. The van der Waals surface area contributed by atoms with Crippen LogP contribution in [0.3, 0.4) is 0 Å². The quantitative estimate of drug-likeness (QED) is 0.437. The van der Waals surface area contributed by atoms with E-state index in [4.69, 9.17) is 33.2 Å². The monoisotopic (exact) mass is 514 g/mol. The predicted octanol–water partition coefficient (Wildman–Crippen LogP) is 4.61. The van der Waals surface area contributed by atoms with Crippen LogP contribution in [0.5, 0.6) is 34.5 Å². The molecule has 1 heterocycles. The van der Waals surface area contributed by atoms with E-state index in [-0.39, 0.29) is 12.7 Å². The van der Waals surface area contributed by atoms with E-state index in [2.05, 4.69) is 0 Å². The molecule has 1 aliphatic heterocycles. The number of benzene rings is 2. The van der Waals surface area contributed by atoms with Gasteiger partial charge in [0.25, 0.3) is 0 Å². The average Bonchev–Trinajstić information content (AvgIpc) is 3.36. The summed E-state index contributed by atoms with van der Waals surface area (Å²) in [6.07, 6.45) is 0.998. The Morgan fingerprint density at radius 2 is 1.70 bits per heavy atom. The summed E-state index contributed by atoms with van der Waals surface area (Å²) < 4.78 is 40.6. The number of aliphatic hydroxyl groups is 1. The first kappa shape index (κ1) is 26.5. The van der Waals surface area contributed by atoms with E-state index in [1.165, 1.54) is 21.3 Å². The van der Waals surface area contributed by atoms with Crippen molar-refractivity contribution >= 4 is 5.97 Å². The van der Waals surface area contributed by atoms with Gasteiger partial charge in [-0.3, -0.25) is 0 Å². The van der Waals surface area contributed by atoms with Crippen molar-refractivity contribution in [3.8, 4) is 45.6 Å². The first-order chi connectivity index (χ1) is 17.6. The van der Waals surface area contributed by atoms with Crippen LogP contribution in [0.2, 0.25) is 0 Å². The zero-order chi connectivity index (χ0) is 27.1. The normalized spacial score (nSPS) is 22.2. The minimum atomic E-state index is -1.48. The van der Waals surface area contributed by atoms with Crippen LogP contribution in [0.15, 0.2) is 23.8 Å². The number of fused-ring (bicyclic) bond motifs is 4. The Bertz CT molecular complexity index is 1250. The molecule has 0 unspecified atom stereocenters. The molecule has 0 saturated carbocycles. The van der Waals surface area contributed by atoms with Crippen molar-refractivity contribution in [1.82, 2.24) is 0 Å². The summed E-state index contributed by atoms with van der Waals surface area (Å²) in [6.45, 7) is 7.05. The number of rotatable bonds is 6. The molecule has 2 aromatic rings. The highest BCUT2D eigenvalue weighted by molar-refractivity contribution is 5.90. The van der Waals surface area contributed by atoms with Gasteiger partial charge in [-0.15, -0.1) is 0 Å². The number of carbonyl (C=O) groups excluding carboxylic acids is 1. The van der Waals surface area contributed by atoms with Crippen LogP contribution < -0.4 is 28.4 Å². The van der Waals surface area contributed by atoms with Crippen molar-refractivity contribution in [3.05, 3.63) is 34.9 Å². The van der Waals surface area contributed by atoms with Gasteiger partial charge in [0.15, 0.2) is 29.1 Å². The highest BCUT2D eigenvalue weighted by Crippen LogP contribution is 2.59.